The molecule has 1 aromatic rings. The summed E-state index contributed by atoms with van der Waals surface area (Å²) >= 11 is 0. The van der Waals surface area contributed by atoms with Crippen molar-refractivity contribution < 1.29 is 23.9 Å². The van der Waals surface area contributed by atoms with Crippen molar-refractivity contribution in [3.63, 3.8) is 0 Å². The van der Waals surface area contributed by atoms with Crippen molar-refractivity contribution in [3.8, 4) is 5.75 Å². The summed E-state index contributed by atoms with van der Waals surface area (Å²) in [7, 11) is 1.56. The van der Waals surface area contributed by atoms with Crippen LogP contribution < -0.4 is 15.4 Å². The third kappa shape index (κ3) is 3.84. The number of hydrogen-bond acceptors (Lipinski definition) is 5. The van der Waals surface area contributed by atoms with Crippen LogP contribution in [-0.4, -0.2) is 60.1 Å². The number of carbonyl (C=O) groups excluding carboxylic acids is 3. The number of likely N-dealkylation sites (tertiary alicyclic amines) is 1. The van der Waals surface area contributed by atoms with Gasteiger partial charge in [0, 0.05) is 24.3 Å². The van der Waals surface area contributed by atoms with E-state index < -0.39 is 29.6 Å². The minimum Gasteiger partial charge on any atom is -0.497 e. The maximum Gasteiger partial charge on any atom is 0.246 e. The van der Waals surface area contributed by atoms with Gasteiger partial charge >= 0.3 is 0 Å². The van der Waals surface area contributed by atoms with E-state index in [0.29, 0.717) is 17.4 Å². The lowest BCUT2D eigenvalue weighted by molar-refractivity contribution is -0.141. The first kappa shape index (κ1) is 23.6. The lowest BCUT2D eigenvalue weighted by Gasteiger charge is -2.35. The van der Waals surface area contributed by atoms with Crippen LogP contribution in [0.2, 0.25) is 0 Å². The molecule has 2 saturated heterocycles. The van der Waals surface area contributed by atoms with E-state index in [1.54, 1.807) is 37.5 Å². The second-order valence-corrected chi connectivity index (χ2v) is 10.1. The Morgan fingerprint density at radius 1 is 1.29 bits per heavy atom. The monoisotopic (exact) mass is 479 g/mol. The number of hydrogen-bond donors (Lipinski definition) is 2. The zero-order valence-electron chi connectivity index (χ0n) is 20.2. The molecule has 0 radical (unpaired) electrons. The standard InChI is InChI=1S/C27H33N3O5/c1-4-14-30-23(25(32)29-19-11-6-5-8-16(19)2)27-13-12-20(35-27)21(22(27)26(30)33)24(31)28-17-9-7-10-18(15-17)34-3/h4,7,9-10,12-13,15-16,19-23H,1,5-6,8,11,14H2,2-3H3,(H,28,31)(H,29,32)/t16-,19+,20+,21+,22+,23-,27-/m0/s1. The molecule has 3 fully saturated rings. The molecule has 2 N–H and O–H groups in total. The van der Waals surface area contributed by atoms with E-state index in [-0.39, 0.29) is 30.3 Å². The average Bonchev–Trinajstić information content (AvgIpc) is 3.48. The largest absolute Gasteiger partial charge is 0.497 e. The molecule has 3 amide bonds. The smallest absolute Gasteiger partial charge is 0.246 e. The van der Waals surface area contributed by atoms with E-state index in [9.17, 15) is 14.4 Å². The van der Waals surface area contributed by atoms with Crippen molar-refractivity contribution in [3.05, 3.63) is 49.1 Å². The summed E-state index contributed by atoms with van der Waals surface area (Å²) in [6.45, 7) is 6.15. The van der Waals surface area contributed by atoms with Gasteiger partial charge in [-0.2, -0.15) is 0 Å². The van der Waals surface area contributed by atoms with E-state index in [2.05, 4.69) is 24.1 Å². The molecule has 7 atom stereocenters. The van der Waals surface area contributed by atoms with Gasteiger partial charge in [-0.15, -0.1) is 6.58 Å². The molecule has 1 saturated carbocycles. The summed E-state index contributed by atoms with van der Waals surface area (Å²) in [5.74, 6) is -1.30. The van der Waals surface area contributed by atoms with E-state index in [1.807, 2.05) is 12.2 Å². The van der Waals surface area contributed by atoms with Gasteiger partial charge in [0.15, 0.2) is 0 Å². The fourth-order valence-corrected chi connectivity index (χ4v) is 6.32. The average molecular weight is 480 g/mol. The topological polar surface area (TPSA) is 97.0 Å². The molecule has 5 rings (SSSR count). The molecule has 1 spiro atoms. The first-order chi connectivity index (χ1) is 16.9. The number of anilines is 1. The van der Waals surface area contributed by atoms with Crippen LogP contribution in [0.5, 0.6) is 5.75 Å². The highest BCUT2D eigenvalue weighted by Gasteiger charge is 2.72. The van der Waals surface area contributed by atoms with E-state index in [4.69, 9.17) is 9.47 Å². The highest BCUT2D eigenvalue weighted by atomic mass is 16.5. The quantitative estimate of drug-likeness (QED) is 0.586. The minimum atomic E-state index is -1.16. The number of nitrogens with zero attached hydrogens (tertiary/aromatic N) is 1. The number of nitrogens with one attached hydrogen (secondary N) is 2. The Labute approximate surface area is 205 Å². The molecule has 2 bridgehead atoms. The van der Waals surface area contributed by atoms with Gasteiger partial charge in [0.1, 0.15) is 17.4 Å². The lowest BCUT2D eigenvalue weighted by Crippen LogP contribution is -2.57. The molecule has 1 aliphatic carbocycles. The zero-order valence-corrected chi connectivity index (χ0v) is 20.2. The van der Waals surface area contributed by atoms with Crippen LogP contribution in [-0.2, 0) is 19.1 Å². The Morgan fingerprint density at radius 3 is 2.83 bits per heavy atom. The first-order valence-corrected chi connectivity index (χ1v) is 12.4. The van der Waals surface area contributed by atoms with Crippen LogP contribution in [0, 0.1) is 17.8 Å². The van der Waals surface area contributed by atoms with Crippen LogP contribution in [0.25, 0.3) is 0 Å². The van der Waals surface area contributed by atoms with Crippen molar-refractivity contribution in [2.24, 2.45) is 17.8 Å². The molecule has 8 heteroatoms. The predicted molar refractivity (Wildman–Crippen MR) is 131 cm³/mol. The van der Waals surface area contributed by atoms with Crippen molar-refractivity contribution in [1.82, 2.24) is 10.2 Å². The van der Waals surface area contributed by atoms with Crippen molar-refractivity contribution in [1.29, 1.82) is 0 Å². The highest BCUT2D eigenvalue weighted by molar-refractivity contribution is 6.02. The molecule has 3 aliphatic heterocycles. The molecule has 35 heavy (non-hydrogen) atoms. The summed E-state index contributed by atoms with van der Waals surface area (Å²) in [6.07, 6.45) is 8.94. The summed E-state index contributed by atoms with van der Waals surface area (Å²) in [5, 5.41) is 6.12. The number of benzene rings is 1. The van der Waals surface area contributed by atoms with Gasteiger partial charge in [-0.25, -0.2) is 0 Å². The minimum absolute atomic E-state index is 0.0714. The summed E-state index contributed by atoms with van der Waals surface area (Å²) in [6, 6.07) is 6.29. The Hall–Kier alpha value is -3.13. The Bertz CT molecular complexity index is 1070. The van der Waals surface area contributed by atoms with Crippen LogP contribution in [0.15, 0.2) is 49.1 Å². The Morgan fingerprint density at radius 2 is 2.09 bits per heavy atom. The van der Waals surface area contributed by atoms with Crippen LogP contribution in [0.4, 0.5) is 5.69 Å². The lowest BCUT2D eigenvalue weighted by atomic mass is 9.74. The molecule has 1 aromatic carbocycles. The molecular formula is C27H33N3O5. The number of ether oxygens (including phenoxy) is 2. The second kappa shape index (κ2) is 9.15. The van der Waals surface area contributed by atoms with Gasteiger partial charge in [0.2, 0.25) is 17.7 Å². The molecule has 4 aliphatic rings. The van der Waals surface area contributed by atoms with Gasteiger partial charge in [-0.05, 0) is 30.9 Å². The van der Waals surface area contributed by atoms with Crippen molar-refractivity contribution in [2.75, 3.05) is 19.0 Å². The third-order valence-electron chi connectivity index (χ3n) is 8.03. The highest BCUT2D eigenvalue weighted by Crippen LogP contribution is 2.55. The normalized spacial score (nSPS) is 35.0. The van der Waals surface area contributed by atoms with Gasteiger partial charge < -0.3 is 25.0 Å². The van der Waals surface area contributed by atoms with Crippen LogP contribution in [0.1, 0.15) is 32.6 Å². The second-order valence-electron chi connectivity index (χ2n) is 10.1. The van der Waals surface area contributed by atoms with Gasteiger partial charge in [0.05, 0.1) is 25.0 Å². The van der Waals surface area contributed by atoms with Gasteiger partial charge in [0.25, 0.3) is 0 Å². The molecule has 3 heterocycles. The van der Waals surface area contributed by atoms with Crippen LogP contribution in [0.3, 0.4) is 0 Å². The molecule has 186 valence electrons. The summed E-state index contributed by atoms with van der Waals surface area (Å²) < 4.78 is 11.6. The fourth-order valence-electron chi connectivity index (χ4n) is 6.32. The number of methoxy groups -OCH3 is 1. The molecule has 8 nitrogen and oxygen atoms in total. The van der Waals surface area contributed by atoms with E-state index >= 15 is 0 Å². The maximum absolute atomic E-state index is 13.7. The van der Waals surface area contributed by atoms with Gasteiger partial charge in [-0.1, -0.05) is 44.1 Å². The van der Waals surface area contributed by atoms with E-state index in [0.717, 1.165) is 19.3 Å². The fraction of sp³-hybridized carbons (Fsp3) is 0.519. The Kier molecular flexibility index (Phi) is 6.17. The molecule has 0 aromatic heterocycles. The molecular weight excluding hydrogens is 446 g/mol. The summed E-state index contributed by atoms with van der Waals surface area (Å²) in [4.78, 5) is 42.3. The third-order valence-corrected chi connectivity index (χ3v) is 8.03. The predicted octanol–water partition coefficient (Wildman–Crippen LogP) is 2.67. The Balaban J connectivity index is 1.42. The first-order valence-electron chi connectivity index (χ1n) is 12.4. The number of rotatable bonds is 7. The SMILES string of the molecule is C=CCN1C(=O)[C@H]2[C@H](C(=O)Nc3cccc(OC)c3)[C@H]3C=C[C@@]2(O3)[C@@H]1C(=O)N[C@@H]1CCCC[C@@H]1C. The number of fused-ring (bicyclic) bond motifs is 1. The van der Waals surface area contributed by atoms with Crippen LogP contribution >= 0.6 is 0 Å². The number of amides is 3. The van der Waals surface area contributed by atoms with Gasteiger partial charge in [-0.3, -0.25) is 14.4 Å². The number of carbonyl (C=O) groups is 3. The van der Waals surface area contributed by atoms with Crippen molar-refractivity contribution in [2.45, 2.75) is 56.4 Å². The summed E-state index contributed by atoms with van der Waals surface area (Å²) in [5.41, 5.74) is -0.590. The van der Waals surface area contributed by atoms with Crippen molar-refractivity contribution >= 4 is 23.4 Å². The molecule has 0 unspecified atom stereocenters. The van der Waals surface area contributed by atoms with E-state index in [1.165, 1.54) is 11.3 Å². The maximum atomic E-state index is 13.7. The zero-order chi connectivity index (χ0) is 24.7.